The van der Waals surface area contributed by atoms with E-state index in [0.717, 1.165) is 34.0 Å². The molecule has 2 amide bonds. The summed E-state index contributed by atoms with van der Waals surface area (Å²) >= 11 is 3.35. The minimum Gasteiger partial charge on any atom is -0.325 e. The molecule has 0 saturated carbocycles. The molecule has 0 unspecified atom stereocenters. The number of para-hydroxylation sites is 1. The summed E-state index contributed by atoms with van der Waals surface area (Å²) in [5.74, 6) is -3.01. The van der Waals surface area contributed by atoms with E-state index in [2.05, 4.69) is 21.2 Å². The van der Waals surface area contributed by atoms with E-state index < -0.39 is 35.7 Å². The molecule has 24 heavy (non-hydrogen) atoms. The number of carbonyl (C=O) groups is 2. The van der Waals surface area contributed by atoms with Crippen molar-refractivity contribution in [1.29, 1.82) is 0 Å². The van der Waals surface area contributed by atoms with Gasteiger partial charge in [0.25, 0.3) is 0 Å². The lowest BCUT2D eigenvalue weighted by Crippen LogP contribution is -2.37. The van der Waals surface area contributed by atoms with Gasteiger partial charge in [-0.3, -0.25) is 14.5 Å². The van der Waals surface area contributed by atoms with Gasteiger partial charge in [-0.05, 0) is 42.8 Å². The third-order valence-corrected chi connectivity index (χ3v) is 4.22. The van der Waals surface area contributed by atoms with Crippen molar-refractivity contribution in [1.82, 2.24) is 0 Å². The third-order valence-electron chi connectivity index (χ3n) is 3.33. The Kier molecular flexibility index (Phi) is 5.66. The number of benzene rings is 2. The summed E-state index contributed by atoms with van der Waals surface area (Å²) in [7, 11) is 0. The molecule has 0 spiro atoms. The van der Waals surface area contributed by atoms with Crippen LogP contribution in [0.1, 0.15) is 12.5 Å². The smallest absolute Gasteiger partial charge is 0.244 e. The lowest BCUT2D eigenvalue weighted by atomic mass is 10.2. The van der Waals surface area contributed by atoms with Gasteiger partial charge in [0.15, 0.2) is 0 Å². The van der Waals surface area contributed by atoms with Crippen LogP contribution in [0.3, 0.4) is 0 Å². The first-order chi connectivity index (χ1) is 11.3. The summed E-state index contributed by atoms with van der Waals surface area (Å²) in [6, 6.07) is 8.44. The average molecular weight is 397 g/mol. The second kappa shape index (κ2) is 7.53. The molecular weight excluding hydrogens is 382 g/mol. The van der Waals surface area contributed by atoms with Gasteiger partial charge in [0.05, 0.1) is 0 Å². The maximum absolute atomic E-state index is 13.9. The fraction of sp³-hybridized carbons (Fsp3) is 0.176. The van der Waals surface area contributed by atoms with Crippen LogP contribution in [0.2, 0.25) is 0 Å². The molecule has 0 aliphatic heterocycles. The van der Waals surface area contributed by atoms with E-state index >= 15 is 0 Å². The van der Waals surface area contributed by atoms with Crippen LogP contribution in [0.25, 0.3) is 0 Å². The van der Waals surface area contributed by atoms with Gasteiger partial charge in [-0.25, -0.2) is 8.78 Å². The van der Waals surface area contributed by atoms with E-state index in [0.29, 0.717) is 5.69 Å². The topological polar surface area (TPSA) is 49.4 Å². The molecule has 1 N–H and O–H groups in total. The van der Waals surface area contributed by atoms with E-state index in [1.807, 2.05) is 6.92 Å². The van der Waals surface area contributed by atoms with Crippen LogP contribution < -0.4 is 10.2 Å². The highest BCUT2D eigenvalue weighted by molar-refractivity contribution is 9.10. The van der Waals surface area contributed by atoms with E-state index in [4.69, 9.17) is 0 Å². The number of nitrogens with one attached hydrogen (secondary N) is 1. The normalized spacial score (nSPS) is 10.4. The first-order valence-corrected chi connectivity index (χ1v) is 7.87. The highest BCUT2D eigenvalue weighted by atomic mass is 79.9. The fourth-order valence-corrected chi connectivity index (χ4v) is 2.41. The summed E-state index contributed by atoms with van der Waals surface area (Å²) in [5.41, 5.74) is 0.904. The van der Waals surface area contributed by atoms with Gasteiger partial charge < -0.3 is 5.32 Å². The first-order valence-electron chi connectivity index (χ1n) is 7.07. The average Bonchev–Trinajstić information content (AvgIpc) is 2.49. The minimum atomic E-state index is -0.905. The first kappa shape index (κ1) is 18.1. The van der Waals surface area contributed by atoms with Crippen molar-refractivity contribution >= 4 is 39.1 Å². The Labute approximate surface area is 146 Å². The Morgan fingerprint density at radius 1 is 1.17 bits per heavy atom. The van der Waals surface area contributed by atoms with Crippen molar-refractivity contribution in [2.24, 2.45) is 0 Å². The zero-order valence-corrected chi connectivity index (χ0v) is 14.7. The van der Waals surface area contributed by atoms with Gasteiger partial charge in [-0.2, -0.15) is 0 Å². The van der Waals surface area contributed by atoms with Crippen molar-refractivity contribution in [3.63, 3.8) is 0 Å². The number of rotatable bonds is 4. The molecular formula is C17H15BrF2N2O2. The standard InChI is InChI=1S/C17H15BrF2N2O2/c1-10-8-12(6-7-13(10)18)21-16(24)9-22(11(2)23)17-14(19)4-3-5-15(17)20/h3-8H,9H2,1-2H3,(H,21,24). The van der Waals surface area contributed by atoms with Gasteiger partial charge >= 0.3 is 0 Å². The van der Waals surface area contributed by atoms with Gasteiger partial charge in [0, 0.05) is 17.1 Å². The van der Waals surface area contributed by atoms with Crippen LogP contribution in [0.5, 0.6) is 0 Å². The number of amides is 2. The Balaban J connectivity index is 2.20. The molecule has 0 saturated heterocycles. The Morgan fingerprint density at radius 2 is 1.79 bits per heavy atom. The Morgan fingerprint density at radius 3 is 2.33 bits per heavy atom. The number of halogens is 3. The molecule has 0 aliphatic carbocycles. The van der Waals surface area contributed by atoms with Crippen LogP contribution in [0, 0.1) is 18.6 Å². The number of aryl methyl sites for hydroxylation is 1. The van der Waals surface area contributed by atoms with E-state index in [9.17, 15) is 18.4 Å². The van der Waals surface area contributed by atoms with Crippen molar-refractivity contribution in [2.75, 3.05) is 16.8 Å². The Bertz CT molecular complexity index is 776. The van der Waals surface area contributed by atoms with Crippen LogP contribution in [-0.2, 0) is 9.59 Å². The Hall–Kier alpha value is -2.28. The van der Waals surface area contributed by atoms with Gasteiger partial charge in [-0.15, -0.1) is 0 Å². The maximum Gasteiger partial charge on any atom is 0.244 e. The molecule has 2 rings (SSSR count). The summed E-state index contributed by atoms with van der Waals surface area (Å²) in [4.78, 5) is 24.7. The number of nitrogens with zero attached hydrogens (tertiary/aromatic N) is 1. The summed E-state index contributed by atoms with van der Waals surface area (Å²) in [6.07, 6.45) is 0. The number of hydrogen-bond acceptors (Lipinski definition) is 2. The molecule has 2 aromatic rings. The van der Waals surface area contributed by atoms with Gasteiger partial charge in [0.1, 0.15) is 23.9 Å². The lowest BCUT2D eigenvalue weighted by Gasteiger charge is -2.21. The molecule has 0 aromatic heterocycles. The molecule has 0 heterocycles. The highest BCUT2D eigenvalue weighted by Gasteiger charge is 2.22. The molecule has 2 aromatic carbocycles. The quantitative estimate of drug-likeness (QED) is 0.847. The van der Waals surface area contributed by atoms with Gasteiger partial charge in [0.2, 0.25) is 11.8 Å². The zero-order chi connectivity index (χ0) is 17.9. The number of anilines is 2. The molecule has 0 atom stereocenters. The van der Waals surface area contributed by atoms with Crippen LogP contribution >= 0.6 is 15.9 Å². The van der Waals surface area contributed by atoms with E-state index in [-0.39, 0.29) is 0 Å². The highest BCUT2D eigenvalue weighted by Crippen LogP contribution is 2.24. The molecule has 0 radical (unpaired) electrons. The zero-order valence-electron chi connectivity index (χ0n) is 13.1. The van der Waals surface area contributed by atoms with Gasteiger partial charge in [-0.1, -0.05) is 22.0 Å². The fourth-order valence-electron chi connectivity index (χ4n) is 2.16. The molecule has 4 nitrogen and oxygen atoms in total. The van der Waals surface area contributed by atoms with Crippen molar-refractivity contribution in [2.45, 2.75) is 13.8 Å². The number of carbonyl (C=O) groups excluding carboxylic acids is 2. The number of hydrogen-bond donors (Lipinski definition) is 1. The predicted octanol–water partition coefficient (Wildman–Crippen LogP) is 4.03. The van der Waals surface area contributed by atoms with Crippen molar-refractivity contribution in [3.05, 3.63) is 58.1 Å². The van der Waals surface area contributed by atoms with Crippen molar-refractivity contribution in [3.8, 4) is 0 Å². The van der Waals surface area contributed by atoms with E-state index in [1.165, 1.54) is 6.07 Å². The van der Waals surface area contributed by atoms with Crippen LogP contribution in [0.15, 0.2) is 40.9 Å². The largest absolute Gasteiger partial charge is 0.325 e. The van der Waals surface area contributed by atoms with Crippen molar-refractivity contribution < 1.29 is 18.4 Å². The monoisotopic (exact) mass is 396 g/mol. The molecule has 0 bridgehead atoms. The second-order valence-corrected chi connectivity index (χ2v) is 6.04. The predicted molar refractivity (Wildman–Crippen MR) is 91.9 cm³/mol. The SMILES string of the molecule is CC(=O)N(CC(=O)Nc1ccc(Br)c(C)c1)c1c(F)cccc1F. The maximum atomic E-state index is 13.9. The summed E-state index contributed by atoms with van der Waals surface area (Å²) in [5, 5.41) is 2.61. The minimum absolute atomic E-state index is 0.498. The summed E-state index contributed by atoms with van der Waals surface area (Å²) < 4.78 is 28.6. The summed E-state index contributed by atoms with van der Waals surface area (Å²) in [6.45, 7) is 2.50. The third kappa shape index (κ3) is 4.17. The second-order valence-electron chi connectivity index (χ2n) is 5.19. The van der Waals surface area contributed by atoms with Crippen LogP contribution in [0.4, 0.5) is 20.2 Å². The van der Waals surface area contributed by atoms with Crippen LogP contribution in [-0.4, -0.2) is 18.4 Å². The molecule has 0 fully saturated rings. The molecule has 126 valence electrons. The molecule has 7 heteroatoms. The lowest BCUT2D eigenvalue weighted by molar-refractivity contribution is -0.120. The van der Waals surface area contributed by atoms with E-state index in [1.54, 1.807) is 18.2 Å². The molecule has 0 aliphatic rings.